The van der Waals surface area contributed by atoms with Gasteiger partial charge in [-0.2, -0.15) is 10.2 Å². The first-order valence-corrected chi connectivity index (χ1v) is 12.3. The van der Waals surface area contributed by atoms with Crippen LogP contribution in [0.4, 0.5) is 11.8 Å². The molecule has 196 valence electrons. The molecule has 2 aromatic carbocycles. The number of nitrogens with two attached hydrogens (primary N) is 2. The zero-order valence-electron chi connectivity index (χ0n) is 21.9. The number of fused-ring (bicyclic) bond motifs is 1. The quantitative estimate of drug-likeness (QED) is 0.344. The third-order valence-corrected chi connectivity index (χ3v) is 5.65. The number of aryl methyl sites for hydroxylation is 1. The zero-order valence-corrected chi connectivity index (χ0v) is 21.9. The molecular formula is C29H28N8O2. The molecule has 5 aromatic rings. The number of para-hydroxylation sites is 1. The molecule has 5 rings (SSSR count). The van der Waals surface area contributed by atoms with Crippen molar-refractivity contribution in [2.75, 3.05) is 11.5 Å². The summed E-state index contributed by atoms with van der Waals surface area (Å²) in [6, 6.07) is 19.1. The van der Waals surface area contributed by atoms with Gasteiger partial charge >= 0.3 is 0 Å². The Balaban J connectivity index is 0.000000298. The lowest BCUT2D eigenvalue weighted by molar-refractivity contribution is 0.241. The van der Waals surface area contributed by atoms with E-state index in [1.54, 1.807) is 17.0 Å². The van der Waals surface area contributed by atoms with Crippen LogP contribution < -0.4 is 21.8 Å². The highest BCUT2D eigenvalue weighted by Gasteiger charge is 2.16. The second-order valence-corrected chi connectivity index (χ2v) is 8.77. The minimum atomic E-state index is -0.0798. The number of nitriles is 1. The van der Waals surface area contributed by atoms with E-state index in [1.165, 1.54) is 6.20 Å². The minimum absolute atomic E-state index is 0.0451. The Kier molecular flexibility index (Phi) is 8.12. The molecule has 0 saturated carbocycles. The van der Waals surface area contributed by atoms with Crippen molar-refractivity contribution in [3.8, 4) is 28.6 Å². The first kappa shape index (κ1) is 26.8. The van der Waals surface area contributed by atoms with Gasteiger partial charge in [-0.25, -0.2) is 9.97 Å². The topological polar surface area (TPSA) is 159 Å². The molecule has 39 heavy (non-hydrogen) atoms. The van der Waals surface area contributed by atoms with Crippen LogP contribution in [0.2, 0.25) is 0 Å². The summed E-state index contributed by atoms with van der Waals surface area (Å²) in [6.07, 6.45) is 5.43. The van der Waals surface area contributed by atoms with Gasteiger partial charge in [-0.15, -0.1) is 0 Å². The molecule has 4 N–H and O–H groups in total. The molecule has 0 aliphatic heterocycles. The molecule has 0 aliphatic rings. The van der Waals surface area contributed by atoms with Crippen molar-refractivity contribution < 1.29 is 4.74 Å². The molecule has 3 aromatic heterocycles. The molecule has 0 aliphatic carbocycles. The SMILES string of the molecule is CCc1nc2cccc(-c3cncc(OC(C)C)c3)c2c(=O)n1-c1ccccc1.N#Cc1cnc(N)nc1N. The molecule has 10 heteroatoms. The predicted octanol–water partition coefficient (Wildman–Crippen LogP) is 4.31. The highest BCUT2D eigenvalue weighted by atomic mass is 16.5. The van der Waals surface area contributed by atoms with Gasteiger partial charge in [0.25, 0.3) is 5.56 Å². The summed E-state index contributed by atoms with van der Waals surface area (Å²) in [7, 11) is 0. The van der Waals surface area contributed by atoms with Crippen molar-refractivity contribution in [1.29, 1.82) is 5.26 Å². The number of hydrogen-bond acceptors (Lipinski definition) is 9. The van der Waals surface area contributed by atoms with E-state index < -0.39 is 0 Å². The molecule has 0 unspecified atom stereocenters. The van der Waals surface area contributed by atoms with Crippen molar-refractivity contribution in [3.05, 3.63) is 94.9 Å². The zero-order chi connectivity index (χ0) is 27.9. The maximum atomic E-state index is 13.6. The first-order valence-electron chi connectivity index (χ1n) is 12.3. The van der Waals surface area contributed by atoms with Gasteiger partial charge in [0.1, 0.15) is 29.0 Å². The van der Waals surface area contributed by atoms with E-state index in [-0.39, 0.29) is 29.0 Å². The molecule has 0 spiro atoms. The number of hydrogen-bond donors (Lipinski definition) is 2. The van der Waals surface area contributed by atoms with Crippen LogP contribution in [0.25, 0.3) is 27.7 Å². The van der Waals surface area contributed by atoms with Crippen LogP contribution in [0.1, 0.15) is 32.2 Å². The van der Waals surface area contributed by atoms with Crippen molar-refractivity contribution in [2.24, 2.45) is 0 Å². The summed E-state index contributed by atoms with van der Waals surface area (Å²) >= 11 is 0. The Labute approximate surface area is 225 Å². The van der Waals surface area contributed by atoms with Crippen LogP contribution in [-0.4, -0.2) is 30.6 Å². The lowest BCUT2D eigenvalue weighted by atomic mass is 10.0. The van der Waals surface area contributed by atoms with Crippen molar-refractivity contribution in [3.63, 3.8) is 0 Å². The van der Waals surface area contributed by atoms with Gasteiger partial charge < -0.3 is 16.2 Å². The summed E-state index contributed by atoms with van der Waals surface area (Å²) in [5, 5.41) is 8.94. The van der Waals surface area contributed by atoms with E-state index in [9.17, 15) is 4.79 Å². The average Bonchev–Trinajstić information content (AvgIpc) is 2.93. The van der Waals surface area contributed by atoms with Crippen LogP contribution in [-0.2, 0) is 6.42 Å². The number of rotatable bonds is 5. The van der Waals surface area contributed by atoms with E-state index in [1.807, 2.05) is 81.4 Å². The number of nitrogen functional groups attached to an aromatic ring is 2. The smallest absolute Gasteiger partial charge is 0.266 e. The Morgan fingerprint density at radius 2 is 1.79 bits per heavy atom. The molecule has 10 nitrogen and oxygen atoms in total. The Morgan fingerprint density at radius 1 is 1.03 bits per heavy atom. The third-order valence-electron chi connectivity index (χ3n) is 5.65. The summed E-state index contributed by atoms with van der Waals surface area (Å²) in [5.41, 5.74) is 13.7. The fourth-order valence-electron chi connectivity index (χ4n) is 4.00. The molecule has 0 bridgehead atoms. The van der Waals surface area contributed by atoms with E-state index >= 15 is 0 Å². The molecule has 0 amide bonds. The first-order chi connectivity index (χ1) is 18.8. The highest BCUT2D eigenvalue weighted by Crippen LogP contribution is 2.28. The van der Waals surface area contributed by atoms with Crippen LogP contribution in [0.5, 0.6) is 5.75 Å². The molecule has 3 heterocycles. The maximum Gasteiger partial charge on any atom is 0.266 e. The maximum absolute atomic E-state index is 13.6. The second kappa shape index (κ2) is 11.8. The van der Waals surface area contributed by atoms with Gasteiger partial charge in [0.05, 0.1) is 35.1 Å². The fourth-order valence-corrected chi connectivity index (χ4v) is 4.00. The largest absolute Gasteiger partial charge is 0.489 e. The number of aromatic nitrogens is 5. The van der Waals surface area contributed by atoms with Gasteiger partial charge in [0.2, 0.25) is 5.95 Å². The van der Waals surface area contributed by atoms with Crippen LogP contribution in [0, 0.1) is 11.3 Å². The van der Waals surface area contributed by atoms with E-state index in [0.29, 0.717) is 23.1 Å². The summed E-state index contributed by atoms with van der Waals surface area (Å²) in [5.74, 6) is 1.61. The minimum Gasteiger partial charge on any atom is -0.489 e. The molecule has 0 radical (unpaired) electrons. The monoisotopic (exact) mass is 520 g/mol. The number of pyridine rings is 1. The van der Waals surface area contributed by atoms with Gasteiger partial charge in [-0.05, 0) is 43.7 Å². The molecule has 0 atom stereocenters. The van der Waals surface area contributed by atoms with Crippen LogP contribution >= 0.6 is 0 Å². The van der Waals surface area contributed by atoms with Crippen molar-refractivity contribution >= 4 is 22.7 Å². The van der Waals surface area contributed by atoms with Gasteiger partial charge in [-0.1, -0.05) is 37.3 Å². The molecule has 0 saturated heterocycles. The molecular weight excluding hydrogens is 492 g/mol. The number of benzene rings is 2. The summed E-state index contributed by atoms with van der Waals surface area (Å²) in [4.78, 5) is 29.9. The average molecular weight is 521 g/mol. The Morgan fingerprint density at radius 3 is 2.46 bits per heavy atom. The number of nitrogens with zero attached hydrogens (tertiary/aromatic N) is 6. The van der Waals surface area contributed by atoms with Crippen LogP contribution in [0.3, 0.4) is 0 Å². The van der Waals surface area contributed by atoms with Gasteiger partial charge in [-0.3, -0.25) is 14.3 Å². The van der Waals surface area contributed by atoms with Gasteiger partial charge in [0, 0.05) is 18.2 Å². The Hall–Kier alpha value is -5.30. The Bertz CT molecular complexity index is 1710. The number of anilines is 2. The standard InChI is InChI=1S/C24H23N3O2.C5H5N5/c1-4-22-26-21-12-8-11-20(17-13-19(15-25-14-17)29-16(2)3)23(21)24(28)27(22)18-9-6-5-7-10-18;6-1-3-2-9-5(8)10-4(3)7/h5-16H,4H2,1-3H3;2H,(H4,7,8,9,10). The van der Waals surface area contributed by atoms with E-state index in [0.717, 1.165) is 22.6 Å². The third kappa shape index (κ3) is 5.99. The normalized spacial score (nSPS) is 10.5. The lowest BCUT2D eigenvalue weighted by Gasteiger charge is -2.15. The fraction of sp³-hybridized carbons (Fsp3) is 0.172. The summed E-state index contributed by atoms with van der Waals surface area (Å²) in [6.45, 7) is 5.95. The van der Waals surface area contributed by atoms with Crippen LogP contribution in [0.15, 0.2) is 78.0 Å². The lowest BCUT2D eigenvalue weighted by Crippen LogP contribution is -2.24. The van der Waals surface area contributed by atoms with E-state index in [4.69, 9.17) is 26.5 Å². The van der Waals surface area contributed by atoms with Gasteiger partial charge in [0.15, 0.2) is 0 Å². The highest BCUT2D eigenvalue weighted by molar-refractivity contribution is 5.94. The van der Waals surface area contributed by atoms with Crippen molar-refractivity contribution in [2.45, 2.75) is 33.3 Å². The predicted molar refractivity (Wildman–Crippen MR) is 151 cm³/mol. The second-order valence-electron chi connectivity index (χ2n) is 8.77. The van der Waals surface area contributed by atoms with E-state index in [2.05, 4.69) is 15.0 Å². The van der Waals surface area contributed by atoms with Crippen molar-refractivity contribution in [1.82, 2.24) is 24.5 Å². The molecule has 0 fully saturated rings. The number of ether oxygens (including phenoxy) is 1. The summed E-state index contributed by atoms with van der Waals surface area (Å²) < 4.78 is 7.49.